The Morgan fingerprint density at radius 2 is 2.11 bits per heavy atom. The Balaban J connectivity index is 2.21. The van der Waals surface area contributed by atoms with Crippen molar-refractivity contribution in [1.82, 2.24) is 0 Å². The summed E-state index contributed by atoms with van der Waals surface area (Å²) >= 11 is 0. The maximum Gasteiger partial charge on any atom is 0.156 e. The number of anilines is 2. The first-order valence-electron chi connectivity index (χ1n) is 5.89. The average Bonchev–Trinajstić information content (AvgIpc) is 3.17. The minimum atomic E-state index is -0.551. The maximum atomic E-state index is 13.9. The molecule has 4 nitrogen and oxygen atoms in total. The molecule has 1 aliphatic rings. The number of aliphatic imine (C=N–C) groups is 1. The minimum Gasteiger partial charge on any atom is -0.404 e. The van der Waals surface area contributed by atoms with Crippen LogP contribution < -0.4 is 17.2 Å². The lowest BCUT2D eigenvalue weighted by atomic mass is 10.1. The smallest absolute Gasteiger partial charge is 0.156 e. The number of allylic oxidation sites excluding steroid dienone is 1. The molecule has 5 heteroatoms. The van der Waals surface area contributed by atoms with Crippen LogP contribution in [0.4, 0.5) is 15.8 Å². The van der Waals surface area contributed by atoms with Gasteiger partial charge in [0.25, 0.3) is 0 Å². The number of hydrogen-bond acceptors (Lipinski definition) is 4. The molecular weight excluding hydrogens is 231 g/mol. The van der Waals surface area contributed by atoms with Gasteiger partial charge in [-0.3, -0.25) is 4.99 Å². The van der Waals surface area contributed by atoms with Crippen LogP contribution in [0.15, 0.2) is 23.3 Å². The summed E-state index contributed by atoms with van der Waals surface area (Å²) in [7, 11) is 0. The van der Waals surface area contributed by atoms with Gasteiger partial charge in [0.2, 0.25) is 0 Å². The Labute approximate surface area is 105 Å². The number of hydrogen-bond donors (Lipinski definition) is 3. The molecule has 0 unspecified atom stereocenters. The van der Waals surface area contributed by atoms with E-state index in [1.165, 1.54) is 19.0 Å². The van der Waals surface area contributed by atoms with E-state index in [1.807, 2.05) is 0 Å². The topological polar surface area (TPSA) is 90.4 Å². The van der Waals surface area contributed by atoms with Crippen LogP contribution in [-0.4, -0.2) is 12.8 Å². The van der Waals surface area contributed by atoms with Gasteiger partial charge in [-0.1, -0.05) is 0 Å². The average molecular weight is 248 g/mol. The Morgan fingerprint density at radius 1 is 1.39 bits per heavy atom. The van der Waals surface area contributed by atoms with E-state index in [0.29, 0.717) is 17.1 Å². The fourth-order valence-electron chi connectivity index (χ4n) is 1.63. The van der Waals surface area contributed by atoms with Crippen LogP contribution in [0.25, 0.3) is 5.57 Å². The van der Waals surface area contributed by atoms with Crippen LogP contribution in [0.1, 0.15) is 18.4 Å². The van der Waals surface area contributed by atoms with Gasteiger partial charge in [0.15, 0.2) is 5.82 Å². The van der Waals surface area contributed by atoms with Gasteiger partial charge in [0.1, 0.15) is 0 Å². The molecule has 6 N–H and O–H groups in total. The molecule has 0 saturated heterocycles. The first-order valence-corrected chi connectivity index (χ1v) is 5.89. The van der Waals surface area contributed by atoms with Crippen molar-refractivity contribution in [3.8, 4) is 0 Å². The van der Waals surface area contributed by atoms with Crippen molar-refractivity contribution in [3.63, 3.8) is 0 Å². The highest BCUT2D eigenvalue weighted by Gasteiger charge is 2.20. The lowest BCUT2D eigenvalue weighted by Crippen LogP contribution is -2.03. The summed E-state index contributed by atoms with van der Waals surface area (Å²) in [6.07, 6.45) is 5.36. The number of rotatable bonds is 4. The molecule has 1 saturated carbocycles. The zero-order valence-electron chi connectivity index (χ0n) is 10.1. The summed E-state index contributed by atoms with van der Waals surface area (Å²) in [6, 6.07) is 3.12. The Kier molecular flexibility index (Phi) is 3.50. The lowest BCUT2D eigenvalue weighted by molar-refractivity contribution is 0.630. The van der Waals surface area contributed by atoms with E-state index in [-0.39, 0.29) is 11.4 Å². The Bertz CT molecular complexity index is 504. The van der Waals surface area contributed by atoms with E-state index >= 15 is 0 Å². The van der Waals surface area contributed by atoms with E-state index in [4.69, 9.17) is 17.2 Å². The number of nitrogen functional groups attached to an aromatic ring is 2. The number of nitrogens with two attached hydrogens (primary N) is 3. The van der Waals surface area contributed by atoms with E-state index in [2.05, 4.69) is 4.99 Å². The van der Waals surface area contributed by atoms with Crippen molar-refractivity contribution in [2.45, 2.75) is 12.8 Å². The first kappa shape index (κ1) is 12.4. The number of halogens is 1. The second-order valence-corrected chi connectivity index (χ2v) is 4.49. The van der Waals surface area contributed by atoms with Gasteiger partial charge in [0, 0.05) is 30.1 Å². The molecule has 18 heavy (non-hydrogen) atoms. The number of nitrogens with zero attached hydrogens (tertiary/aromatic N) is 1. The third-order valence-corrected chi connectivity index (χ3v) is 2.99. The van der Waals surface area contributed by atoms with Gasteiger partial charge in [-0.15, -0.1) is 0 Å². The summed E-state index contributed by atoms with van der Waals surface area (Å²) in [5.41, 5.74) is 17.6. The van der Waals surface area contributed by atoms with Crippen LogP contribution >= 0.6 is 0 Å². The summed E-state index contributed by atoms with van der Waals surface area (Å²) < 4.78 is 13.9. The Morgan fingerprint density at radius 3 is 2.72 bits per heavy atom. The monoisotopic (exact) mass is 248 g/mol. The molecule has 0 atom stereocenters. The summed E-state index contributed by atoms with van der Waals surface area (Å²) in [4.78, 5) is 4.26. The molecular formula is C13H17FN4. The van der Waals surface area contributed by atoms with Crippen molar-refractivity contribution in [2.75, 3.05) is 18.0 Å². The third kappa shape index (κ3) is 2.61. The molecule has 0 aliphatic heterocycles. The molecule has 0 heterocycles. The second-order valence-electron chi connectivity index (χ2n) is 4.49. The normalized spacial score (nSPS) is 16.4. The predicted molar refractivity (Wildman–Crippen MR) is 73.5 cm³/mol. The van der Waals surface area contributed by atoms with E-state index in [9.17, 15) is 4.39 Å². The predicted octanol–water partition coefficient (Wildman–Crippen LogP) is 1.77. The molecule has 0 amide bonds. The third-order valence-electron chi connectivity index (χ3n) is 2.99. The summed E-state index contributed by atoms with van der Waals surface area (Å²) in [5.74, 6) is 0.131. The van der Waals surface area contributed by atoms with Crippen molar-refractivity contribution < 1.29 is 4.39 Å². The largest absolute Gasteiger partial charge is 0.404 e. The highest BCUT2D eigenvalue weighted by atomic mass is 19.1. The van der Waals surface area contributed by atoms with Gasteiger partial charge in [0.05, 0.1) is 11.4 Å². The molecule has 0 radical (unpaired) electrons. The van der Waals surface area contributed by atoms with Crippen molar-refractivity contribution >= 4 is 23.2 Å². The first-order chi connectivity index (χ1) is 8.63. The highest BCUT2D eigenvalue weighted by Crippen LogP contribution is 2.29. The lowest BCUT2D eigenvalue weighted by Gasteiger charge is -2.08. The fraction of sp³-hybridized carbons (Fsp3) is 0.308. The molecule has 0 aromatic heterocycles. The summed E-state index contributed by atoms with van der Waals surface area (Å²) in [5, 5.41) is 0. The van der Waals surface area contributed by atoms with Gasteiger partial charge in [-0.05, 0) is 30.9 Å². The molecule has 1 fully saturated rings. The molecule has 96 valence electrons. The fourth-order valence-corrected chi connectivity index (χ4v) is 1.63. The van der Waals surface area contributed by atoms with Crippen molar-refractivity contribution in [2.24, 2.45) is 16.6 Å². The molecule has 1 aromatic rings. The molecule has 1 aromatic carbocycles. The zero-order chi connectivity index (χ0) is 13.1. The second kappa shape index (κ2) is 5.08. The number of benzene rings is 1. The molecule has 2 rings (SSSR count). The van der Waals surface area contributed by atoms with E-state index in [1.54, 1.807) is 18.3 Å². The maximum absolute atomic E-state index is 13.9. The minimum absolute atomic E-state index is 0.0533. The van der Waals surface area contributed by atoms with Gasteiger partial charge >= 0.3 is 0 Å². The Hall–Kier alpha value is -2.04. The zero-order valence-corrected chi connectivity index (χ0v) is 10.1. The standard InChI is InChI=1S/C13H17FN4/c14-12-10(3-4-11(16)13(12)17)9(5-15)7-18-6-8-1-2-8/h3-5,7-8H,1-2,6,15-17H2. The molecule has 1 aliphatic carbocycles. The molecule has 0 spiro atoms. The summed E-state index contributed by atoms with van der Waals surface area (Å²) in [6.45, 7) is 0.767. The van der Waals surface area contributed by atoms with Crippen molar-refractivity contribution in [1.29, 1.82) is 0 Å². The van der Waals surface area contributed by atoms with E-state index in [0.717, 1.165) is 6.54 Å². The van der Waals surface area contributed by atoms with Crippen LogP contribution in [-0.2, 0) is 0 Å². The van der Waals surface area contributed by atoms with Crippen LogP contribution in [0.2, 0.25) is 0 Å². The van der Waals surface area contributed by atoms with Crippen molar-refractivity contribution in [3.05, 3.63) is 29.7 Å². The van der Waals surface area contributed by atoms with Crippen LogP contribution in [0.3, 0.4) is 0 Å². The quantitative estimate of drug-likeness (QED) is 0.560. The highest BCUT2D eigenvalue weighted by molar-refractivity contribution is 6.10. The SMILES string of the molecule is NC=C(C=NCC1CC1)c1ccc(N)c(N)c1F. The van der Waals surface area contributed by atoms with Gasteiger partial charge in [-0.25, -0.2) is 4.39 Å². The van der Waals surface area contributed by atoms with Gasteiger partial charge < -0.3 is 17.2 Å². The van der Waals surface area contributed by atoms with Gasteiger partial charge in [-0.2, -0.15) is 0 Å². The molecule has 0 bridgehead atoms. The van der Waals surface area contributed by atoms with Crippen LogP contribution in [0, 0.1) is 11.7 Å². The van der Waals surface area contributed by atoms with Crippen LogP contribution in [0.5, 0.6) is 0 Å². The van der Waals surface area contributed by atoms with E-state index < -0.39 is 5.82 Å².